The Morgan fingerprint density at radius 1 is 1.25 bits per heavy atom. The molecule has 0 aromatic carbocycles. The molecule has 150 valence electrons. The van der Waals surface area contributed by atoms with Crippen LogP contribution in [0.15, 0.2) is 12.3 Å². The largest absolute Gasteiger partial charge is 0.332 e. The van der Waals surface area contributed by atoms with Crippen molar-refractivity contribution in [2.75, 3.05) is 20.1 Å². The van der Waals surface area contributed by atoms with Gasteiger partial charge in [0.1, 0.15) is 11.5 Å². The first-order valence-electron chi connectivity index (χ1n) is 10.2. The van der Waals surface area contributed by atoms with Crippen LogP contribution in [0, 0.1) is 0 Å². The maximum absolute atomic E-state index is 12.9. The van der Waals surface area contributed by atoms with Crippen molar-refractivity contribution >= 4 is 5.91 Å². The molecular weight excluding hydrogens is 352 g/mol. The van der Waals surface area contributed by atoms with E-state index in [9.17, 15) is 4.79 Å². The van der Waals surface area contributed by atoms with Gasteiger partial charge in [-0.25, -0.2) is 9.97 Å². The molecule has 2 aromatic heterocycles. The number of carbonyl (C=O) groups excluding carboxylic acids is 1. The Hall–Kier alpha value is -2.28. The van der Waals surface area contributed by atoms with Crippen LogP contribution in [0.5, 0.6) is 0 Å². The molecule has 4 rings (SSSR count). The fourth-order valence-electron chi connectivity index (χ4n) is 4.04. The van der Waals surface area contributed by atoms with E-state index in [4.69, 9.17) is 4.98 Å². The van der Waals surface area contributed by atoms with E-state index >= 15 is 0 Å². The van der Waals surface area contributed by atoms with Gasteiger partial charge in [-0.2, -0.15) is 5.10 Å². The zero-order valence-corrected chi connectivity index (χ0v) is 17.3. The molecule has 0 unspecified atom stereocenters. The van der Waals surface area contributed by atoms with Gasteiger partial charge in [0.25, 0.3) is 5.91 Å². The Morgan fingerprint density at radius 2 is 2.07 bits per heavy atom. The third-order valence-electron chi connectivity index (χ3n) is 5.91. The lowest BCUT2D eigenvalue weighted by Crippen LogP contribution is -2.37. The number of carbonyl (C=O) groups is 1. The van der Waals surface area contributed by atoms with Crippen molar-refractivity contribution in [3.8, 4) is 0 Å². The minimum Gasteiger partial charge on any atom is -0.332 e. The predicted molar refractivity (Wildman–Crippen MR) is 107 cm³/mol. The summed E-state index contributed by atoms with van der Waals surface area (Å²) < 4.78 is 0. The molecule has 1 atom stereocenters. The number of aromatic amines is 1. The van der Waals surface area contributed by atoms with Gasteiger partial charge in [0, 0.05) is 42.4 Å². The Balaban J connectivity index is 1.49. The molecule has 7 heteroatoms. The molecule has 1 saturated heterocycles. The molecule has 0 radical (unpaired) electrons. The van der Waals surface area contributed by atoms with Crippen LogP contribution < -0.4 is 0 Å². The van der Waals surface area contributed by atoms with Crippen molar-refractivity contribution in [1.29, 1.82) is 0 Å². The summed E-state index contributed by atoms with van der Waals surface area (Å²) in [4.78, 5) is 26.6. The lowest BCUT2D eigenvalue weighted by molar-refractivity contribution is 0.0726. The summed E-state index contributed by atoms with van der Waals surface area (Å²) in [6.45, 7) is 8.63. The van der Waals surface area contributed by atoms with Crippen LogP contribution in [0.1, 0.15) is 79.3 Å². The minimum absolute atomic E-state index is 0.0338. The van der Waals surface area contributed by atoms with Gasteiger partial charge >= 0.3 is 0 Å². The predicted octanol–water partition coefficient (Wildman–Crippen LogP) is 2.85. The highest BCUT2D eigenvalue weighted by molar-refractivity contribution is 5.92. The molecule has 0 saturated carbocycles. The number of rotatable bonds is 2. The van der Waals surface area contributed by atoms with Gasteiger partial charge in [0.2, 0.25) is 0 Å². The van der Waals surface area contributed by atoms with E-state index < -0.39 is 0 Å². The quantitative estimate of drug-likeness (QED) is 0.864. The van der Waals surface area contributed by atoms with Gasteiger partial charge in [-0.15, -0.1) is 0 Å². The van der Waals surface area contributed by atoms with E-state index in [0.29, 0.717) is 24.8 Å². The minimum atomic E-state index is -0.0590. The standard InChI is InChI=1S/C21H30N6O/c1-21(2,3)18-11-16(24-25-18)20(28)27-10-8-15-14(13-27)12-22-19(23-15)17-7-5-6-9-26(17)4/h11-12,17H,5-10,13H2,1-4H3,(H,24,25)/t17-/m1/s1. The van der Waals surface area contributed by atoms with Crippen LogP contribution in [-0.2, 0) is 18.4 Å². The molecule has 0 spiro atoms. The Bertz CT molecular complexity index is 868. The Kier molecular flexibility index (Phi) is 4.95. The van der Waals surface area contributed by atoms with E-state index in [1.807, 2.05) is 17.2 Å². The molecule has 2 aromatic rings. The number of H-pyrrole nitrogens is 1. The first kappa shape index (κ1) is 19.1. The second-order valence-corrected chi connectivity index (χ2v) is 9.09. The average Bonchev–Trinajstić information content (AvgIpc) is 3.18. The van der Waals surface area contributed by atoms with E-state index in [0.717, 1.165) is 42.2 Å². The lowest BCUT2D eigenvalue weighted by Gasteiger charge is -2.32. The highest BCUT2D eigenvalue weighted by Gasteiger charge is 2.28. The molecule has 2 aliphatic rings. The third kappa shape index (κ3) is 3.68. The molecule has 1 fully saturated rings. The van der Waals surface area contributed by atoms with Crippen LogP contribution in [0.25, 0.3) is 0 Å². The van der Waals surface area contributed by atoms with Gasteiger partial charge in [0.15, 0.2) is 0 Å². The number of nitrogens with one attached hydrogen (secondary N) is 1. The summed E-state index contributed by atoms with van der Waals surface area (Å²) in [6.07, 6.45) is 6.29. The molecule has 1 amide bonds. The maximum atomic E-state index is 12.9. The van der Waals surface area contributed by atoms with E-state index in [-0.39, 0.29) is 11.3 Å². The highest BCUT2D eigenvalue weighted by Crippen LogP contribution is 2.29. The van der Waals surface area contributed by atoms with Crippen LogP contribution in [0.4, 0.5) is 0 Å². The summed E-state index contributed by atoms with van der Waals surface area (Å²) in [5.41, 5.74) is 3.53. The van der Waals surface area contributed by atoms with Crippen LogP contribution in [0.2, 0.25) is 0 Å². The third-order valence-corrected chi connectivity index (χ3v) is 5.91. The summed E-state index contributed by atoms with van der Waals surface area (Å²) in [5, 5.41) is 7.25. The average molecular weight is 383 g/mol. The summed E-state index contributed by atoms with van der Waals surface area (Å²) in [5.74, 6) is 0.899. The molecule has 4 heterocycles. The summed E-state index contributed by atoms with van der Waals surface area (Å²) in [6, 6.07) is 2.19. The van der Waals surface area contributed by atoms with Crippen molar-refractivity contribution in [1.82, 2.24) is 30.0 Å². The van der Waals surface area contributed by atoms with Crippen LogP contribution in [0.3, 0.4) is 0 Å². The number of amides is 1. The monoisotopic (exact) mass is 382 g/mol. The highest BCUT2D eigenvalue weighted by atomic mass is 16.2. The molecule has 0 aliphatic carbocycles. The maximum Gasteiger partial charge on any atom is 0.274 e. The van der Waals surface area contributed by atoms with Crippen molar-refractivity contribution in [2.24, 2.45) is 0 Å². The van der Waals surface area contributed by atoms with Crippen molar-refractivity contribution in [2.45, 2.75) is 64.5 Å². The van der Waals surface area contributed by atoms with Crippen LogP contribution >= 0.6 is 0 Å². The molecule has 7 nitrogen and oxygen atoms in total. The fraction of sp³-hybridized carbons (Fsp3) is 0.619. The van der Waals surface area contributed by atoms with Gasteiger partial charge < -0.3 is 4.90 Å². The number of fused-ring (bicyclic) bond motifs is 1. The molecule has 1 N–H and O–H groups in total. The number of nitrogens with zero attached hydrogens (tertiary/aromatic N) is 5. The van der Waals surface area contributed by atoms with E-state index in [1.54, 1.807) is 0 Å². The van der Waals surface area contributed by atoms with Gasteiger partial charge in [-0.3, -0.25) is 14.8 Å². The first-order chi connectivity index (χ1) is 13.3. The molecular formula is C21H30N6O. The Labute approximate surface area is 166 Å². The zero-order valence-electron chi connectivity index (χ0n) is 17.3. The zero-order chi connectivity index (χ0) is 19.9. The van der Waals surface area contributed by atoms with Gasteiger partial charge in [-0.1, -0.05) is 27.2 Å². The Morgan fingerprint density at radius 3 is 2.79 bits per heavy atom. The number of hydrogen-bond donors (Lipinski definition) is 1. The van der Waals surface area contributed by atoms with E-state index in [1.165, 1.54) is 12.8 Å². The lowest BCUT2D eigenvalue weighted by atomic mass is 9.92. The first-order valence-corrected chi connectivity index (χ1v) is 10.2. The summed E-state index contributed by atoms with van der Waals surface area (Å²) >= 11 is 0. The van der Waals surface area contributed by atoms with Crippen molar-refractivity contribution in [3.63, 3.8) is 0 Å². The van der Waals surface area contributed by atoms with Crippen molar-refractivity contribution < 1.29 is 4.79 Å². The molecule has 0 bridgehead atoms. The van der Waals surface area contributed by atoms with E-state index in [2.05, 4.69) is 47.9 Å². The second-order valence-electron chi connectivity index (χ2n) is 9.09. The SMILES string of the molecule is CN1CCCC[C@@H]1c1ncc2c(n1)CCN(C(=O)c1cc(C(C)(C)C)[nH]n1)C2. The van der Waals surface area contributed by atoms with Gasteiger partial charge in [-0.05, 0) is 32.5 Å². The summed E-state index contributed by atoms with van der Waals surface area (Å²) in [7, 11) is 2.16. The topological polar surface area (TPSA) is 78.0 Å². The van der Waals surface area contributed by atoms with Crippen LogP contribution in [-0.4, -0.2) is 56.0 Å². The number of piperidine rings is 1. The number of aromatic nitrogens is 4. The second kappa shape index (κ2) is 7.28. The van der Waals surface area contributed by atoms with Crippen molar-refractivity contribution in [3.05, 3.63) is 40.7 Å². The van der Waals surface area contributed by atoms with Gasteiger partial charge in [0.05, 0.1) is 11.7 Å². The molecule has 28 heavy (non-hydrogen) atoms. The smallest absolute Gasteiger partial charge is 0.274 e. The normalized spacial score (nSPS) is 20.9. The number of hydrogen-bond acceptors (Lipinski definition) is 5. The molecule has 2 aliphatic heterocycles. The fourth-order valence-corrected chi connectivity index (χ4v) is 4.04. The number of likely N-dealkylation sites (tertiary alicyclic amines) is 1.